The number of carboxylic acid groups (broad SMARTS) is 1. The summed E-state index contributed by atoms with van der Waals surface area (Å²) in [5.41, 5.74) is 1.58. The number of carboxylic acids is 1. The lowest BCUT2D eigenvalue weighted by molar-refractivity contribution is -0.137. The van der Waals surface area contributed by atoms with E-state index in [1.54, 1.807) is 12.1 Å². The van der Waals surface area contributed by atoms with E-state index in [1.165, 1.54) is 0 Å². The van der Waals surface area contributed by atoms with Gasteiger partial charge in [-0.15, -0.1) is 0 Å². The summed E-state index contributed by atoms with van der Waals surface area (Å²) >= 11 is 0. The molecule has 2 rings (SSSR count). The van der Waals surface area contributed by atoms with E-state index in [-0.39, 0.29) is 25.0 Å². The van der Waals surface area contributed by atoms with Gasteiger partial charge in [-0.3, -0.25) is 9.59 Å². The van der Waals surface area contributed by atoms with Gasteiger partial charge in [-0.25, -0.2) is 0 Å². The molecule has 6 nitrogen and oxygen atoms in total. The highest BCUT2D eigenvalue weighted by Gasteiger charge is 2.17. The SMILES string of the molecule is O=C(O)CCCC(=O)Nc1ccc(C2OCCO2)cc1. The molecular weight excluding hydrogens is 262 g/mol. The van der Waals surface area contributed by atoms with Crippen molar-refractivity contribution in [1.82, 2.24) is 0 Å². The van der Waals surface area contributed by atoms with Gasteiger partial charge in [0.05, 0.1) is 13.2 Å². The van der Waals surface area contributed by atoms with Crippen molar-refractivity contribution in [2.45, 2.75) is 25.6 Å². The highest BCUT2D eigenvalue weighted by atomic mass is 16.7. The molecule has 0 saturated carbocycles. The number of benzene rings is 1. The Morgan fingerprint density at radius 3 is 2.40 bits per heavy atom. The van der Waals surface area contributed by atoms with Gasteiger partial charge in [0.15, 0.2) is 6.29 Å². The predicted molar refractivity (Wildman–Crippen MR) is 71.2 cm³/mol. The zero-order valence-electron chi connectivity index (χ0n) is 11.0. The zero-order valence-corrected chi connectivity index (χ0v) is 11.0. The third-order valence-electron chi connectivity index (χ3n) is 2.88. The Kier molecular flexibility index (Phi) is 5.09. The first-order chi connectivity index (χ1) is 9.65. The smallest absolute Gasteiger partial charge is 0.303 e. The van der Waals surface area contributed by atoms with E-state index in [9.17, 15) is 9.59 Å². The van der Waals surface area contributed by atoms with Crippen molar-refractivity contribution in [3.8, 4) is 0 Å². The fourth-order valence-electron chi connectivity index (χ4n) is 1.90. The number of ether oxygens (including phenoxy) is 2. The Morgan fingerprint density at radius 1 is 1.15 bits per heavy atom. The highest BCUT2D eigenvalue weighted by molar-refractivity contribution is 5.90. The van der Waals surface area contributed by atoms with Crippen LogP contribution in [0.2, 0.25) is 0 Å². The fraction of sp³-hybridized carbons (Fsp3) is 0.429. The Morgan fingerprint density at radius 2 is 1.80 bits per heavy atom. The monoisotopic (exact) mass is 279 g/mol. The second kappa shape index (κ2) is 7.02. The minimum absolute atomic E-state index is 0.00269. The van der Waals surface area contributed by atoms with Crippen LogP contribution < -0.4 is 5.32 Å². The number of hydrogen-bond donors (Lipinski definition) is 2. The molecule has 2 N–H and O–H groups in total. The summed E-state index contributed by atoms with van der Waals surface area (Å²) in [6.45, 7) is 1.18. The maximum atomic E-state index is 11.6. The van der Waals surface area contributed by atoms with Gasteiger partial charge in [-0.2, -0.15) is 0 Å². The van der Waals surface area contributed by atoms with Gasteiger partial charge in [-0.1, -0.05) is 12.1 Å². The van der Waals surface area contributed by atoms with Crippen LogP contribution in [0.3, 0.4) is 0 Å². The predicted octanol–water partition coefficient (Wildman–Crippen LogP) is 1.93. The third-order valence-corrected chi connectivity index (χ3v) is 2.88. The van der Waals surface area contributed by atoms with Crippen LogP contribution in [0, 0.1) is 0 Å². The highest BCUT2D eigenvalue weighted by Crippen LogP contribution is 2.24. The summed E-state index contributed by atoms with van der Waals surface area (Å²) in [7, 11) is 0. The molecule has 6 heteroatoms. The summed E-state index contributed by atoms with van der Waals surface area (Å²) in [5, 5.41) is 11.2. The average Bonchev–Trinajstić information content (AvgIpc) is 2.93. The molecule has 0 unspecified atom stereocenters. The summed E-state index contributed by atoms with van der Waals surface area (Å²) in [5.74, 6) is -1.08. The van der Waals surface area contributed by atoms with Crippen LogP contribution in [0.25, 0.3) is 0 Å². The van der Waals surface area contributed by atoms with E-state index in [2.05, 4.69) is 5.32 Å². The van der Waals surface area contributed by atoms with Crippen LogP contribution >= 0.6 is 0 Å². The Hall–Kier alpha value is -1.92. The third kappa shape index (κ3) is 4.32. The molecule has 1 fully saturated rings. The number of carbonyl (C=O) groups excluding carboxylic acids is 1. The fourth-order valence-corrected chi connectivity index (χ4v) is 1.90. The molecule has 1 amide bonds. The topological polar surface area (TPSA) is 84.9 Å². The molecule has 0 atom stereocenters. The number of anilines is 1. The molecular formula is C14H17NO5. The van der Waals surface area contributed by atoms with Gasteiger partial charge in [0.1, 0.15) is 0 Å². The second-order valence-electron chi connectivity index (χ2n) is 4.49. The van der Waals surface area contributed by atoms with Gasteiger partial charge in [0.25, 0.3) is 0 Å². The number of amides is 1. The van der Waals surface area contributed by atoms with Crippen LogP contribution in [-0.2, 0) is 19.1 Å². The molecule has 1 aromatic rings. The van der Waals surface area contributed by atoms with Crippen molar-refractivity contribution in [1.29, 1.82) is 0 Å². The lowest BCUT2D eigenvalue weighted by Gasteiger charge is -2.10. The molecule has 0 spiro atoms. The zero-order chi connectivity index (χ0) is 14.4. The van der Waals surface area contributed by atoms with Crippen molar-refractivity contribution in [3.05, 3.63) is 29.8 Å². The van der Waals surface area contributed by atoms with Gasteiger partial charge < -0.3 is 19.9 Å². The molecule has 20 heavy (non-hydrogen) atoms. The minimum Gasteiger partial charge on any atom is -0.481 e. The number of carbonyl (C=O) groups is 2. The van der Waals surface area contributed by atoms with Gasteiger partial charge in [0.2, 0.25) is 5.91 Å². The number of hydrogen-bond acceptors (Lipinski definition) is 4. The lowest BCUT2D eigenvalue weighted by Crippen LogP contribution is -2.12. The van der Waals surface area contributed by atoms with Crippen molar-refractivity contribution < 1.29 is 24.2 Å². The summed E-state index contributed by atoms with van der Waals surface area (Å²) in [6, 6.07) is 7.22. The van der Waals surface area contributed by atoms with Crippen molar-refractivity contribution in [3.63, 3.8) is 0 Å². The largest absolute Gasteiger partial charge is 0.481 e. The van der Waals surface area contributed by atoms with Gasteiger partial charge >= 0.3 is 5.97 Å². The van der Waals surface area contributed by atoms with Crippen LogP contribution in [0.4, 0.5) is 5.69 Å². The van der Waals surface area contributed by atoms with Gasteiger partial charge in [0, 0.05) is 24.1 Å². The summed E-state index contributed by atoms with van der Waals surface area (Å²) in [4.78, 5) is 21.9. The van der Waals surface area contributed by atoms with Crippen molar-refractivity contribution >= 4 is 17.6 Å². The Bertz CT molecular complexity index is 465. The minimum atomic E-state index is -0.890. The van der Waals surface area contributed by atoms with E-state index < -0.39 is 5.97 Å². The van der Waals surface area contributed by atoms with Crippen molar-refractivity contribution in [2.75, 3.05) is 18.5 Å². The van der Waals surface area contributed by atoms with E-state index in [0.29, 0.717) is 25.3 Å². The van der Waals surface area contributed by atoms with Crippen molar-refractivity contribution in [2.24, 2.45) is 0 Å². The number of nitrogens with one attached hydrogen (secondary N) is 1. The average molecular weight is 279 g/mol. The van der Waals surface area contributed by atoms with Crippen LogP contribution in [0.15, 0.2) is 24.3 Å². The maximum absolute atomic E-state index is 11.6. The van der Waals surface area contributed by atoms with Crippen LogP contribution in [-0.4, -0.2) is 30.2 Å². The molecule has 1 aromatic carbocycles. The van der Waals surface area contributed by atoms with Crippen LogP contribution in [0.5, 0.6) is 0 Å². The van der Waals surface area contributed by atoms with E-state index in [1.807, 2.05) is 12.1 Å². The van der Waals surface area contributed by atoms with E-state index in [4.69, 9.17) is 14.6 Å². The summed E-state index contributed by atoms with van der Waals surface area (Å²) in [6.07, 6.45) is 0.213. The number of rotatable bonds is 6. The molecule has 108 valence electrons. The molecule has 1 aliphatic heterocycles. The Labute approximate surface area is 116 Å². The first kappa shape index (κ1) is 14.5. The lowest BCUT2D eigenvalue weighted by atomic mass is 10.2. The quantitative estimate of drug-likeness (QED) is 0.831. The normalized spacial score (nSPS) is 15.2. The van der Waals surface area contributed by atoms with E-state index in [0.717, 1.165) is 5.56 Å². The summed E-state index contributed by atoms with van der Waals surface area (Å²) < 4.78 is 10.7. The molecule has 0 radical (unpaired) electrons. The number of aliphatic carboxylic acids is 1. The second-order valence-corrected chi connectivity index (χ2v) is 4.49. The Balaban J connectivity index is 1.80. The van der Waals surface area contributed by atoms with Gasteiger partial charge in [-0.05, 0) is 18.6 Å². The van der Waals surface area contributed by atoms with E-state index >= 15 is 0 Å². The molecule has 0 bridgehead atoms. The molecule has 1 saturated heterocycles. The molecule has 1 aliphatic rings. The first-order valence-corrected chi connectivity index (χ1v) is 6.50. The first-order valence-electron chi connectivity index (χ1n) is 6.50. The molecule has 0 aromatic heterocycles. The molecule has 1 heterocycles. The maximum Gasteiger partial charge on any atom is 0.303 e. The standard InChI is InChI=1S/C14H17NO5/c16-12(2-1-3-13(17)18)15-11-6-4-10(5-7-11)14-19-8-9-20-14/h4-7,14H,1-3,8-9H2,(H,15,16)(H,17,18). The molecule has 0 aliphatic carbocycles. The van der Waals surface area contributed by atoms with Crippen LogP contribution in [0.1, 0.15) is 31.1 Å².